The summed E-state index contributed by atoms with van der Waals surface area (Å²) in [6.45, 7) is 1.68. The summed E-state index contributed by atoms with van der Waals surface area (Å²) in [6.07, 6.45) is 2.94. The summed E-state index contributed by atoms with van der Waals surface area (Å²) in [4.78, 5) is 23.5. The molecule has 0 atom stereocenters. The van der Waals surface area contributed by atoms with E-state index in [0.717, 1.165) is 0 Å². The number of fused-ring (bicyclic) bond motifs is 1. The molecule has 86 valence electrons. The largest absolute Gasteiger partial charge is 0.507 e. The number of Topliss-reactive ketones (excluding diaryl/α,β-unsaturated/α-hetero) is 2. The van der Waals surface area contributed by atoms with Crippen molar-refractivity contribution in [3.8, 4) is 5.75 Å². The van der Waals surface area contributed by atoms with E-state index in [2.05, 4.69) is 0 Å². The Labute approximate surface area is 97.5 Å². The van der Waals surface area contributed by atoms with Gasteiger partial charge in [0, 0.05) is 5.56 Å². The summed E-state index contributed by atoms with van der Waals surface area (Å²) in [7, 11) is 0. The molecule has 0 radical (unpaired) electrons. The number of hydrogen-bond acceptors (Lipinski definition) is 4. The van der Waals surface area contributed by atoms with Crippen LogP contribution in [0.1, 0.15) is 22.8 Å². The highest BCUT2D eigenvalue weighted by molar-refractivity contribution is 6.53. The van der Waals surface area contributed by atoms with Gasteiger partial charge in [-0.1, -0.05) is 24.3 Å². The lowest BCUT2D eigenvalue weighted by Gasteiger charge is -2.16. The lowest BCUT2D eigenvalue weighted by atomic mass is 9.87. The van der Waals surface area contributed by atoms with Gasteiger partial charge in [-0.05, 0) is 13.0 Å². The van der Waals surface area contributed by atoms with Gasteiger partial charge in [-0.2, -0.15) is 0 Å². The molecule has 0 spiro atoms. The first-order valence-corrected chi connectivity index (χ1v) is 5.05. The molecular formula is C13H10O4. The molecule has 1 aliphatic carbocycles. The molecule has 1 aromatic rings. The van der Waals surface area contributed by atoms with Crippen molar-refractivity contribution in [2.75, 3.05) is 0 Å². The Hall–Kier alpha value is -2.36. The summed E-state index contributed by atoms with van der Waals surface area (Å²) < 4.78 is 0. The van der Waals surface area contributed by atoms with Crippen molar-refractivity contribution in [1.82, 2.24) is 0 Å². The number of aromatic hydroxyl groups is 1. The van der Waals surface area contributed by atoms with Gasteiger partial charge in [-0.15, -0.1) is 0 Å². The van der Waals surface area contributed by atoms with E-state index in [1.807, 2.05) is 0 Å². The van der Waals surface area contributed by atoms with Crippen LogP contribution in [0.5, 0.6) is 5.75 Å². The molecule has 2 rings (SSSR count). The minimum absolute atomic E-state index is 0.0457. The van der Waals surface area contributed by atoms with Crippen molar-refractivity contribution in [1.29, 1.82) is 0 Å². The molecule has 0 aromatic heterocycles. The number of aliphatic hydroxyl groups excluding tert-OH is 1. The van der Waals surface area contributed by atoms with E-state index in [9.17, 15) is 19.8 Å². The van der Waals surface area contributed by atoms with Crippen molar-refractivity contribution in [3.63, 3.8) is 0 Å². The number of phenolic OH excluding ortho intramolecular Hbond substituents is 1. The van der Waals surface area contributed by atoms with Gasteiger partial charge in [0.05, 0.1) is 11.1 Å². The molecule has 1 aliphatic rings. The molecule has 0 unspecified atom stereocenters. The molecule has 2 N–H and O–H groups in total. The van der Waals surface area contributed by atoms with E-state index in [1.165, 1.54) is 24.3 Å². The van der Waals surface area contributed by atoms with Gasteiger partial charge in [-0.25, -0.2) is 0 Å². The van der Waals surface area contributed by atoms with Crippen LogP contribution < -0.4 is 0 Å². The van der Waals surface area contributed by atoms with Gasteiger partial charge in [0.2, 0.25) is 11.6 Å². The first-order valence-electron chi connectivity index (χ1n) is 5.05. The second-order valence-corrected chi connectivity index (χ2v) is 3.62. The Morgan fingerprint density at radius 2 is 1.82 bits per heavy atom. The Bertz CT molecular complexity index is 579. The van der Waals surface area contributed by atoms with Gasteiger partial charge in [0.15, 0.2) is 0 Å². The van der Waals surface area contributed by atoms with E-state index in [-0.39, 0.29) is 28.2 Å². The lowest BCUT2D eigenvalue weighted by molar-refractivity contribution is -0.111. The van der Waals surface area contributed by atoms with E-state index in [4.69, 9.17) is 0 Å². The van der Waals surface area contributed by atoms with Gasteiger partial charge in [0.1, 0.15) is 11.5 Å². The predicted molar refractivity (Wildman–Crippen MR) is 61.8 cm³/mol. The first-order chi connectivity index (χ1) is 8.07. The van der Waals surface area contributed by atoms with Gasteiger partial charge in [-0.3, -0.25) is 9.59 Å². The van der Waals surface area contributed by atoms with Crippen LogP contribution in [0.2, 0.25) is 0 Å². The smallest absolute Gasteiger partial charge is 0.238 e. The summed E-state index contributed by atoms with van der Waals surface area (Å²) in [5.41, 5.74) is 0.00144. The highest BCUT2D eigenvalue weighted by Gasteiger charge is 2.33. The quantitative estimate of drug-likeness (QED) is 0.723. The standard InChI is InChI=1S/C13H10O4/c1-2-4-8-11(15)7-5-3-6-9(14)10(7)13(17)12(8)16/h2-6,14-15H,1H3/b4-2+. The van der Waals surface area contributed by atoms with Crippen molar-refractivity contribution >= 4 is 17.3 Å². The number of phenols is 1. The number of allylic oxidation sites excluding steroid dienone is 3. The molecule has 17 heavy (non-hydrogen) atoms. The van der Waals surface area contributed by atoms with Crippen molar-refractivity contribution in [2.24, 2.45) is 0 Å². The van der Waals surface area contributed by atoms with Crippen molar-refractivity contribution in [2.45, 2.75) is 6.92 Å². The van der Waals surface area contributed by atoms with E-state index < -0.39 is 11.6 Å². The summed E-state index contributed by atoms with van der Waals surface area (Å²) >= 11 is 0. The monoisotopic (exact) mass is 230 g/mol. The van der Waals surface area contributed by atoms with Crippen molar-refractivity contribution in [3.05, 3.63) is 47.1 Å². The third kappa shape index (κ3) is 1.54. The molecule has 0 fully saturated rings. The number of benzene rings is 1. The predicted octanol–water partition coefficient (Wildman–Crippen LogP) is 2.00. The topological polar surface area (TPSA) is 74.6 Å². The van der Waals surface area contributed by atoms with Crippen LogP contribution in [-0.2, 0) is 4.79 Å². The molecule has 0 saturated carbocycles. The van der Waals surface area contributed by atoms with E-state index >= 15 is 0 Å². The fraction of sp³-hybridized carbons (Fsp3) is 0.0769. The number of rotatable bonds is 1. The average Bonchev–Trinajstić information content (AvgIpc) is 2.31. The maximum absolute atomic E-state index is 11.8. The number of carbonyl (C=O) groups is 2. The third-order valence-electron chi connectivity index (χ3n) is 2.56. The molecular weight excluding hydrogens is 220 g/mol. The Kier molecular flexibility index (Phi) is 2.55. The summed E-state index contributed by atoms with van der Waals surface area (Å²) in [5.74, 6) is -2.19. The minimum Gasteiger partial charge on any atom is -0.507 e. The van der Waals surface area contributed by atoms with Crippen LogP contribution in [0.3, 0.4) is 0 Å². The highest BCUT2D eigenvalue weighted by Crippen LogP contribution is 2.33. The van der Waals surface area contributed by atoms with E-state index in [0.29, 0.717) is 0 Å². The normalized spacial score (nSPS) is 15.6. The second kappa shape index (κ2) is 3.90. The second-order valence-electron chi connectivity index (χ2n) is 3.62. The number of aliphatic hydroxyl groups is 1. The van der Waals surface area contributed by atoms with Crippen LogP contribution in [0.25, 0.3) is 5.76 Å². The van der Waals surface area contributed by atoms with Crippen LogP contribution in [0.15, 0.2) is 35.9 Å². The van der Waals surface area contributed by atoms with E-state index in [1.54, 1.807) is 13.0 Å². The summed E-state index contributed by atoms with van der Waals surface area (Å²) in [6, 6.07) is 4.29. The molecule has 0 heterocycles. The molecule has 0 amide bonds. The fourth-order valence-electron chi connectivity index (χ4n) is 1.79. The van der Waals surface area contributed by atoms with Gasteiger partial charge >= 0.3 is 0 Å². The Morgan fingerprint density at radius 1 is 1.12 bits per heavy atom. The zero-order valence-corrected chi connectivity index (χ0v) is 9.10. The molecule has 0 aliphatic heterocycles. The highest BCUT2D eigenvalue weighted by atomic mass is 16.3. The third-order valence-corrected chi connectivity index (χ3v) is 2.56. The Morgan fingerprint density at radius 3 is 2.47 bits per heavy atom. The zero-order valence-electron chi connectivity index (χ0n) is 9.10. The van der Waals surface area contributed by atoms with Crippen LogP contribution in [-0.4, -0.2) is 21.8 Å². The molecule has 4 heteroatoms. The van der Waals surface area contributed by atoms with Crippen LogP contribution in [0.4, 0.5) is 0 Å². The SMILES string of the molecule is C/C=C/C1=C(O)c2cccc(O)c2C(=O)C1=O. The minimum atomic E-state index is -0.811. The maximum atomic E-state index is 11.8. The van der Waals surface area contributed by atoms with Crippen LogP contribution >= 0.6 is 0 Å². The number of ketones is 2. The average molecular weight is 230 g/mol. The molecule has 1 aromatic carbocycles. The molecule has 0 saturated heterocycles. The number of carbonyl (C=O) groups excluding carboxylic acids is 2. The first kappa shape index (κ1) is 11.1. The fourth-order valence-corrected chi connectivity index (χ4v) is 1.79. The zero-order chi connectivity index (χ0) is 12.6. The maximum Gasteiger partial charge on any atom is 0.238 e. The van der Waals surface area contributed by atoms with Crippen molar-refractivity contribution < 1.29 is 19.8 Å². The Balaban J connectivity index is 2.79. The molecule has 0 bridgehead atoms. The van der Waals surface area contributed by atoms with Gasteiger partial charge < -0.3 is 10.2 Å². The lowest BCUT2D eigenvalue weighted by Crippen LogP contribution is -2.23. The van der Waals surface area contributed by atoms with Crippen LogP contribution in [0, 0.1) is 0 Å². The number of hydrogen-bond donors (Lipinski definition) is 2. The van der Waals surface area contributed by atoms with Gasteiger partial charge in [0.25, 0.3) is 0 Å². The molecule has 4 nitrogen and oxygen atoms in total. The summed E-state index contributed by atoms with van der Waals surface area (Å²) in [5, 5.41) is 19.5.